The van der Waals surface area contributed by atoms with Crippen LogP contribution in [0.3, 0.4) is 0 Å². The molecule has 1 aromatic rings. The predicted octanol–water partition coefficient (Wildman–Crippen LogP) is 3.97. The van der Waals surface area contributed by atoms with Crippen molar-refractivity contribution < 1.29 is 41.7 Å². The Balaban J connectivity index is 0.000000976. The molecule has 0 spiro atoms. The van der Waals surface area contributed by atoms with E-state index in [0.717, 1.165) is 63.5 Å². The van der Waals surface area contributed by atoms with Crippen LogP contribution in [-0.2, 0) is 25.5 Å². The molecule has 4 N–H and O–H groups in total. The molecule has 0 aromatic heterocycles. The molecule has 0 aliphatic heterocycles. The molecule has 0 radical (unpaired) electrons. The average Bonchev–Trinajstić information content (AvgIpc) is 2.84. The highest BCUT2D eigenvalue weighted by Gasteiger charge is 2.41. The van der Waals surface area contributed by atoms with E-state index in [1.807, 2.05) is 32.3 Å². The lowest BCUT2D eigenvalue weighted by Gasteiger charge is -2.41. The summed E-state index contributed by atoms with van der Waals surface area (Å²) in [5.74, 6) is 0.307. The number of hydrogen-bond acceptors (Lipinski definition) is 8. The van der Waals surface area contributed by atoms with Crippen LogP contribution in [-0.4, -0.2) is 73.4 Å². The van der Waals surface area contributed by atoms with Gasteiger partial charge < -0.3 is 24.8 Å². The van der Waals surface area contributed by atoms with Gasteiger partial charge in [-0.1, -0.05) is 44.2 Å². The molecule has 2 fully saturated rings. The summed E-state index contributed by atoms with van der Waals surface area (Å²) >= 11 is 0. The number of hydrogen-bond donors (Lipinski definition) is 4. The van der Waals surface area contributed by atoms with Crippen LogP contribution in [0.25, 0.3) is 0 Å². The van der Waals surface area contributed by atoms with Crippen LogP contribution < -0.4 is 10.1 Å². The van der Waals surface area contributed by atoms with Crippen molar-refractivity contribution in [3.8, 4) is 5.75 Å². The van der Waals surface area contributed by atoms with Crippen LogP contribution in [0.5, 0.6) is 5.75 Å². The van der Waals surface area contributed by atoms with Crippen molar-refractivity contribution >= 4 is 22.5 Å². The second-order valence-corrected chi connectivity index (χ2v) is 11.8. The Bertz CT molecular complexity index is 1030. The van der Waals surface area contributed by atoms with E-state index in [9.17, 15) is 14.7 Å². The van der Waals surface area contributed by atoms with Gasteiger partial charge in [-0.05, 0) is 69.8 Å². The molecule has 1 aromatic carbocycles. The molecule has 1 amide bonds. The zero-order valence-corrected chi connectivity index (χ0v) is 24.0. The summed E-state index contributed by atoms with van der Waals surface area (Å²) in [5.41, 5.74) is -0.405. The van der Waals surface area contributed by atoms with Gasteiger partial charge in [-0.15, -0.1) is 0 Å². The van der Waals surface area contributed by atoms with Gasteiger partial charge >= 0.3 is 22.5 Å². The quantitative estimate of drug-likeness (QED) is 0.193. The van der Waals surface area contributed by atoms with Gasteiger partial charge in [0.1, 0.15) is 5.75 Å². The molecule has 2 aliphatic rings. The Morgan fingerprint density at radius 2 is 1.72 bits per heavy atom. The van der Waals surface area contributed by atoms with E-state index in [-0.39, 0.29) is 23.7 Å². The van der Waals surface area contributed by atoms with Crippen LogP contribution in [0.15, 0.2) is 24.3 Å². The zero-order valence-electron chi connectivity index (χ0n) is 23.2. The summed E-state index contributed by atoms with van der Waals surface area (Å²) in [6.07, 6.45) is 8.57. The van der Waals surface area contributed by atoms with E-state index in [1.54, 1.807) is 13.0 Å². The first-order valence-electron chi connectivity index (χ1n) is 13.6. The third-order valence-corrected chi connectivity index (χ3v) is 7.50. The van der Waals surface area contributed by atoms with Crippen LogP contribution in [0.4, 0.5) is 4.79 Å². The van der Waals surface area contributed by atoms with Crippen LogP contribution in [0, 0.1) is 11.3 Å². The number of carbonyl (C=O) groups excluding carboxylic acids is 2. The fourth-order valence-electron chi connectivity index (χ4n) is 5.75. The minimum absolute atomic E-state index is 0.140. The number of rotatable bonds is 9. The highest BCUT2D eigenvalue weighted by Crippen LogP contribution is 2.43. The normalized spacial score (nSPS) is 22.8. The summed E-state index contributed by atoms with van der Waals surface area (Å²) in [7, 11) is -0.601. The van der Waals surface area contributed by atoms with E-state index in [4.69, 9.17) is 27.0 Å². The molecule has 3 rings (SSSR count). The van der Waals surface area contributed by atoms with E-state index >= 15 is 0 Å². The van der Waals surface area contributed by atoms with Crippen LogP contribution in [0.1, 0.15) is 76.7 Å². The molecule has 222 valence electrons. The Kier molecular flexibility index (Phi) is 12.6. The third-order valence-electron chi connectivity index (χ3n) is 7.50. The number of amides is 1. The summed E-state index contributed by atoms with van der Waals surface area (Å²) in [4.78, 5) is 27.0. The van der Waals surface area contributed by atoms with E-state index in [0.29, 0.717) is 25.3 Å². The van der Waals surface area contributed by atoms with Gasteiger partial charge in [0.25, 0.3) is 0 Å². The Hall–Kier alpha value is -2.25. The highest BCUT2D eigenvalue weighted by molar-refractivity contribution is 7.79. The van der Waals surface area contributed by atoms with Crippen molar-refractivity contribution in [3.63, 3.8) is 0 Å². The molecule has 11 nitrogen and oxygen atoms in total. The number of carbonyl (C=O) groups is 2. The summed E-state index contributed by atoms with van der Waals surface area (Å²) in [6.45, 7) is 3.32. The number of esters is 1. The second-order valence-electron chi connectivity index (χ2n) is 10.9. The number of benzene rings is 1. The molecule has 0 saturated heterocycles. The lowest BCUT2D eigenvalue weighted by molar-refractivity contribution is -0.137. The number of ether oxygens (including phenoxy) is 2. The van der Waals surface area contributed by atoms with Crippen molar-refractivity contribution in [2.45, 2.75) is 76.7 Å². The first-order valence-corrected chi connectivity index (χ1v) is 14.9. The Labute approximate surface area is 231 Å². The van der Waals surface area contributed by atoms with Gasteiger partial charge in [0, 0.05) is 19.0 Å². The Morgan fingerprint density at radius 1 is 1.08 bits per heavy atom. The minimum Gasteiger partial charge on any atom is -0.450 e. The first-order chi connectivity index (χ1) is 18.3. The van der Waals surface area contributed by atoms with Crippen molar-refractivity contribution in [2.75, 3.05) is 33.8 Å². The lowest BCUT2D eigenvalue weighted by atomic mass is 9.71. The molecule has 12 heteroatoms. The molecule has 39 heavy (non-hydrogen) atoms. The molecular weight excluding hydrogens is 528 g/mol. The first kappa shape index (κ1) is 33.0. The molecule has 2 aliphatic carbocycles. The Morgan fingerprint density at radius 3 is 2.33 bits per heavy atom. The largest absolute Gasteiger partial charge is 0.450 e. The van der Waals surface area contributed by atoms with Crippen molar-refractivity contribution in [3.05, 3.63) is 29.8 Å². The maximum atomic E-state index is 13.0. The topological polar surface area (TPSA) is 163 Å². The zero-order chi connectivity index (χ0) is 29.1. The highest BCUT2D eigenvalue weighted by atomic mass is 32.3. The summed E-state index contributed by atoms with van der Waals surface area (Å²) in [5, 5.41) is 14.5. The molecular formula is C27H44N2O9S. The summed E-state index contributed by atoms with van der Waals surface area (Å²) < 4.78 is 42.4. The third kappa shape index (κ3) is 11.4. The molecule has 0 unspecified atom stereocenters. The van der Waals surface area contributed by atoms with Gasteiger partial charge in [0.2, 0.25) is 0 Å². The number of aliphatic hydroxyl groups is 1. The van der Waals surface area contributed by atoms with Gasteiger partial charge in [-0.2, -0.15) is 8.42 Å². The fourth-order valence-corrected chi connectivity index (χ4v) is 5.75. The molecule has 0 bridgehead atoms. The number of nitrogens with one attached hydrogen (secondary N) is 1. The van der Waals surface area contributed by atoms with Crippen molar-refractivity contribution in [1.29, 1.82) is 0 Å². The van der Waals surface area contributed by atoms with E-state index in [2.05, 4.69) is 10.2 Å². The number of alkyl carbamates (subject to hydrolysis) is 1. The SMILES string of the molecule is CCOC(=O)NCC1(CC(=O)Oc2cccc([C@]3(O)CCCC[C@@H]3CN(C)C)c2)CCCCC1.O=S(=O)(O)O. The van der Waals surface area contributed by atoms with Gasteiger partial charge in [-0.3, -0.25) is 13.9 Å². The van der Waals surface area contributed by atoms with Gasteiger partial charge in [-0.25, -0.2) is 4.79 Å². The lowest BCUT2D eigenvalue weighted by Crippen LogP contribution is -2.43. The van der Waals surface area contributed by atoms with Crippen molar-refractivity contribution in [2.24, 2.45) is 11.3 Å². The monoisotopic (exact) mass is 572 g/mol. The van der Waals surface area contributed by atoms with Crippen LogP contribution in [0.2, 0.25) is 0 Å². The maximum Gasteiger partial charge on any atom is 0.407 e. The fraction of sp³-hybridized carbons (Fsp3) is 0.704. The summed E-state index contributed by atoms with van der Waals surface area (Å²) in [6, 6.07) is 7.41. The smallest absolute Gasteiger partial charge is 0.407 e. The van der Waals surface area contributed by atoms with Crippen LogP contribution >= 0.6 is 0 Å². The minimum atomic E-state index is -4.67. The second kappa shape index (κ2) is 14.9. The maximum absolute atomic E-state index is 13.0. The van der Waals surface area contributed by atoms with Crippen molar-refractivity contribution in [1.82, 2.24) is 10.2 Å². The standard InChI is InChI=1S/C27H42N2O5.H2O4S/c1-4-33-25(31)28-20-26(14-7-5-8-15-26)18-24(30)34-23-13-10-12-21(17-23)27(32)16-9-6-11-22(27)19-29(2)3;1-5(2,3)4/h10,12-13,17,22,32H,4-9,11,14-16,18-20H2,1-3H3,(H,28,31);(H2,1,2,3,4)/t22-,27-;/m1./s1. The molecule has 2 atom stereocenters. The average molecular weight is 573 g/mol. The number of nitrogens with zero attached hydrogens (tertiary/aromatic N) is 1. The van der Waals surface area contributed by atoms with E-state index in [1.165, 1.54) is 0 Å². The molecule has 0 heterocycles. The predicted molar refractivity (Wildman–Crippen MR) is 146 cm³/mol. The van der Waals surface area contributed by atoms with E-state index < -0.39 is 22.1 Å². The molecule has 2 saturated carbocycles. The van der Waals surface area contributed by atoms with Gasteiger partial charge in [0.05, 0.1) is 18.6 Å². The van der Waals surface area contributed by atoms with Gasteiger partial charge in [0.15, 0.2) is 0 Å².